The number of rotatable bonds is 5. The van der Waals surface area contributed by atoms with Crippen molar-refractivity contribution >= 4 is 23.1 Å². The highest BCUT2D eigenvalue weighted by molar-refractivity contribution is 7.99. The van der Waals surface area contributed by atoms with E-state index >= 15 is 0 Å². The monoisotopic (exact) mass is 257 g/mol. The van der Waals surface area contributed by atoms with Gasteiger partial charge in [0.2, 0.25) is 0 Å². The summed E-state index contributed by atoms with van der Waals surface area (Å²) < 4.78 is 0. The van der Waals surface area contributed by atoms with Gasteiger partial charge in [-0.15, -0.1) is 11.3 Å². The van der Waals surface area contributed by atoms with Crippen LogP contribution in [0.1, 0.15) is 18.0 Å². The van der Waals surface area contributed by atoms with E-state index < -0.39 is 0 Å². The SMILES string of the molecule is CC(NCCN1CCSCC1)c1nccs1. The summed E-state index contributed by atoms with van der Waals surface area (Å²) in [5.74, 6) is 2.59. The first-order valence-electron chi connectivity index (χ1n) is 5.79. The molecule has 0 amide bonds. The molecular weight excluding hydrogens is 238 g/mol. The number of thiazole rings is 1. The Kier molecular flexibility index (Phi) is 5.09. The van der Waals surface area contributed by atoms with Gasteiger partial charge < -0.3 is 10.2 Å². The van der Waals surface area contributed by atoms with E-state index in [1.165, 1.54) is 29.6 Å². The summed E-state index contributed by atoms with van der Waals surface area (Å²) in [5.41, 5.74) is 0. The van der Waals surface area contributed by atoms with Crippen LogP contribution >= 0.6 is 23.1 Å². The van der Waals surface area contributed by atoms with E-state index in [4.69, 9.17) is 0 Å². The fourth-order valence-electron chi connectivity index (χ4n) is 1.80. The first-order chi connectivity index (χ1) is 7.86. The average molecular weight is 257 g/mol. The number of hydrogen-bond acceptors (Lipinski definition) is 5. The molecule has 5 heteroatoms. The van der Waals surface area contributed by atoms with Crippen LogP contribution in [0.25, 0.3) is 0 Å². The van der Waals surface area contributed by atoms with Crippen molar-refractivity contribution in [1.82, 2.24) is 15.2 Å². The largest absolute Gasteiger partial charge is 0.307 e. The molecule has 1 fully saturated rings. The quantitative estimate of drug-likeness (QED) is 0.871. The maximum atomic E-state index is 4.32. The van der Waals surface area contributed by atoms with Crippen molar-refractivity contribution in [3.63, 3.8) is 0 Å². The first kappa shape index (κ1) is 12.4. The summed E-state index contributed by atoms with van der Waals surface area (Å²) in [4.78, 5) is 6.86. The zero-order chi connectivity index (χ0) is 11.2. The second-order valence-corrected chi connectivity index (χ2v) is 6.15. The number of thioether (sulfide) groups is 1. The predicted octanol–water partition coefficient (Wildman–Crippen LogP) is 1.84. The van der Waals surface area contributed by atoms with Crippen LogP contribution in [0, 0.1) is 0 Å². The van der Waals surface area contributed by atoms with Gasteiger partial charge >= 0.3 is 0 Å². The molecule has 16 heavy (non-hydrogen) atoms. The molecule has 90 valence electrons. The highest BCUT2D eigenvalue weighted by atomic mass is 32.2. The second-order valence-electron chi connectivity index (χ2n) is 4.00. The van der Waals surface area contributed by atoms with E-state index in [9.17, 15) is 0 Å². The molecule has 0 aromatic carbocycles. The topological polar surface area (TPSA) is 28.2 Å². The molecular formula is C11H19N3S2. The molecule has 0 aliphatic carbocycles. The summed E-state index contributed by atoms with van der Waals surface area (Å²) in [7, 11) is 0. The van der Waals surface area contributed by atoms with E-state index in [0.29, 0.717) is 6.04 Å². The van der Waals surface area contributed by atoms with E-state index in [1.54, 1.807) is 11.3 Å². The van der Waals surface area contributed by atoms with Crippen LogP contribution in [0.3, 0.4) is 0 Å². The molecule has 1 unspecified atom stereocenters. The molecule has 1 atom stereocenters. The van der Waals surface area contributed by atoms with Gasteiger partial charge in [0.25, 0.3) is 0 Å². The lowest BCUT2D eigenvalue weighted by Gasteiger charge is -2.26. The minimum atomic E-state index is 0.388. The molecule has 3 nitrogen and oxygen atoms in total. The van der Waals surface area contributed by atoms with Crippen molar-refractivity contribution in [3.8, 4) is 0 Å². The van der Waals surface area contributed by atoms with Gasteiger partial charge in [-0.1, -0.05) is 0 Å². The molecule has 0 saturated carbocycles. The van der Waals surface area contributed by atoms with Crippen molar-refractivity contribution < 1.29 is 0 Å². The summed E-state index contributed by atoms with van der Waals surface area (Å²) in [6.07, 6.45) is 1.88. The van der Waals surface area contributed by atoms with Gasteiger partial charge in [0, 0.05) is 49.3 Å². The Balaban J connectivity index is 1.63. The lowest BCUT2D eigenvalue weighted by molar-refractivity contribution is 0.296. The van der Waals surface area contributed by atoms with Crippen LogP contribution in [0.5, 0.6) is 0 Å². The molecule has 1 aliphatic rings. The van der Waals surface area contributed by atoms with Gasteiger partial charge in [-0.05, 0) is 6.92 Å². The van der Waals surface area contributed by atoms with Crippen LogP contribution in [0.2, 0.25) is 0 Å². The van der Waals surface area contributed by atoms with Gasteiger partial charge in [0.1, 0.15) is 5.01 Å². The Morgan fingerprint density at radius 1 is 1.50 bits per heavy atom. The second kappa shape index (κ2) is 6.59. The third-order valence-electron chi connectivity index (χ3n) is 2.80. The molecule has 1 aliphatic heterocycles. The number of aromatic nitrogens is 1. The van der Waals surface area contributed by atoms with Crippen molar-refractivity contribution in [2.75, 3.05) is 37.7 Å². The van der Waals surface area contributed by atoms with E-state index in [-0.39, 0.29) is 0 Å². The van der Waals surface area contributed by atoms with Gasteiger partial charge in [0.05, 0.1) is 6.04 Å². The Labute approximate surface area is 106 Å². The van der Waals surface area contributed by atoms with Crippen LogP contribution < -0.4 is 5.32 Å². The van der Waals surface area contributed by atoms with Crippen molar-refractivity contribution in [2.24, 2.45) is 0 Å². The Morgan fingerprint density at radius 3 is 3.00 bits per heavy atom. The third kappa shape index (κ3) is 3.73. The maximum Gasteiger partial charge on any atom is 0.109 e. The van der Waals surface area contributed by atoms with Crippen molar-refractivity contribution in [1.29, 1.82) is 0 Å². The number of nitrogens with zero attached hydrogens (tertiary/aromatic N) is 2. The molecule has 1 aromatic rings. The average Bonchev–Trinajstić information content (AvgIpc) is 2.84. The molecule has 2 heterocycles. The number of nitrogens with one attached hydrogen (secondary N) is 1. The smallest absolute Gasteiger partial charge is 0.109 e. The van der Waals surface area contributed by atoms with E-state index in [0.717, 1.165) is 13.1 Å². The normalized spacial score (nSPS) is 19.8. The predicted molar refractivity (Wildman–Crippen MR) is 72.3 cm³/mol. The molecule has 0 bridgehead atoms. The molecule has 1 saturated heterocycles. The van der Waals surface area contributed by atoms with Crippen molar-refractivity contribution in [2.45, 2.75) is 13.0 Å². The first-order valence-corrected chi connectivity index (χ1v) is 7.82. The minimum Gasteiger partial charge on any atom is -0.307 e. The molecule has 2 rings (SSSR count). The Morgan fingerprint density at radius 2 is 2.31 bits per heavy atom. The lowest BCUT2D eigenvalue weighted by atomic mass is 10.3. The Bertz CT molecular complexity index is 283. The van der Waals surface area contributed by atoms with Crippen LogP contribution in [0.15, 0.2) is 11.6 Å². The molecule has 0 radical (unpaired) electrons. The van der Waals surface area contributed by atoms with Crippen LogP contribution in [0.4, 0.5) is 0 Å². The Hall–Kier alpha value is -0.100. The summed E-state index contributed by atoms with van der Waals surface area (Å²) in [6, 6.07) is 0.388. The minimum absolute atomic E-state index is 0.388. The highest BCUT2D eigenvalue weighted by Gasteiger charge is 2.11. The fourth-order valence-corrected chi connectivity index (χ4v) is 3.45. The van der Waals surface area contributed by atoms with Crippen LogP contribution in [-0.2, 0) is 0 Å². The lowest BCUT2D eigenvalue weighted by Crippen LogP contribution is -2.38. The van der Waals surface area contributed by atoms with Gasteiger partial charge in [-0.3, -0.25) is 0 Å². The van der Waals surface area contributed by atoms with Crippen molar-refractivity contribution in [3.05, 3.63) is 16.6 Å². The standard InChI is InChI=1S/C11H19N3S2/c1-10(11-13-3-7-16-11)12-2-4-14-5-8-15-9-6-14/h3,7,10,12H,2,4-6,8-9H2,1H3. The van der Waals surface area contributed by atoms with Gasteiger partial charge in [0.15, 0.2) is 0 Å². The van der Waals surface area contributed by atoms with Gasteiger partial charge in [-0.25, -0.2) is 4.98 Å². The van der Waals surface area contributed by atoms with Crippen LogP contribution in [-0.4, -0.2) is 47.6 Å². The fraction of sp³-hybridized carbons (Fsp3) is 0.727. The zero-order valence-electron chi connectivity index (χ0n) is 9.69. The summed E-state index contributed by atoms with van der Waals surface area (Å²) in [5, 5.41) is 6.76. The number of hydrogen-bond donors (Lipinski definition) is 1. The van der Waals surface area contributed by atoms with E-state index in [2.05, 4.69) is 33.9 Å². The third-order valence-corrected chi connectivity index (χ3v) is 4.70. The van der Waals surface area contributed by atoms with Gasteiger partial charge in [-0.2, -0.15) is 11.8 Å². The molecule has 0 spiro atoms. The maximum absolute atomic E-state index is 4.32. The summed E-state index contributed by atoms with van der Waals surface area (Å²) in [6.45, 7) is 6.91. The van der Waals surface area contributed by atoms with E-state index in [1.807, 2.05) is 11.6 Å². The zero-order valence-corrected chi connectivity index (χ0v) is 11.3. The summed E-state index contributed by atoms with van der Waals surface area (Å²) >= 11 is 3.79. The molecule has 1 aromatic heterocycles. The highest BCUT2D eigenvalue weighted by Crippen LogP contribution is 2.14. The molecule has 1 N–H and O–H groups in total.